The van der Waals surface area contributed by atoms with Crippen molar-refractivity contribution in [3.63, 3.8) is 0 Å². The van der Waals surface area contributed by atoms with E-state index in [1.165, 1.54) is 10.5 Å². The van der Waals surface area contributed by atoms with Crippen molar-refractivity contribution in [2.75, 3.05) is 5.75 Å². The molecule has 0 radical (unpaired) electrons. The summed E-state index contributed by atoms with van der Waals surface area (Å²) in [6, 6.07) is 8.53. The van der Waals surface area contributed by atoms with Crippen LogP contribution in [0.4, 0.5) is 0 Å². The highest BCUT2D eigenvalue weighted by atomic mass is 32.2. The number of carboxylic acids is 1. The lowest BCUT2D eigenvalue weighted by molar-refractivity contribution is -0.146. The molecule has 0 saturated heterocycles. The van der Waals surface area contributed by atoms with E-state index < -0.39 is 11.4 Å². The first-order valence-electron chi connectivity index (χ1n) is 6.29. The molecule has 18 heavy (non-hydrogen) atoms. The van der Waals surface area contributed by atoms with Crippen molar-refractivity contribution in [3.8, 4) is 0 Å². The number of carboxylic acid groups (broad SMARTS) is 1. The molecule has 1 aromatic rings. The summed E-state index contributed by atoms with van der Waals surface area (Å²) in [5.74, 6) is 0.661. The molecule has 0 amide bonds. The first kappa shape index (κ1) is 15.1. The Labute approximate surface area is 114 Å². The second-order valence-electron chi connectivity index (χ2n) is 5.51. The van der Waals surface area contributed by atoms with Crippen LogP contribution in [0.25, 0.3) is 0 Å². The first-order valence-corrected chi connectivity index (χ1v) is 7.27. The molecule has 2 nitrogen and oxygen atoms in total. The molecular weight excluding hydrogens is 244 g/mol. The number of aliphatic carboxylic acids is 1. The molecule has 1 aromatic carbocycles. The van der Waals surface area contributed by atoms with Gasteiger partial charge in [-0.25, -0.2) is 0 Å². The van der Waals surface area contributed by atoms with Crippen LogP contribution in [0.15, 0.2) is 29.2 Å². The Morgan fingerprint density at radius 3 is 2.28 bits per heavy atom. The molecule has 100 valence electrons. The molecule has 1 N–H and O–H groups in total. The SMILES string of the molecule is CC(C)c1ccc(SCCC(C)(C)C(=O)O)cc1. The highest BCUT2D eigenvalue weighted by Crippen LogP contribution is 2.27. The smallest absolute Gasteiger partial charge is 0.309 e. The Hall–Kier alpha value is -0.960. The topological polar surface area (TPSA) is 37.3 Å². The third kappa shape index (κ3) is 4.37. The van der Waals surface area contributed by atoms with E-state index in [1.807, 2.05) is 0 Å². The molecule has 0 aromatic heterocycles. The quantitative estimate of drug-likeness (QED) is 0.775. The van der Waals surface area contributed by atoms with Crippen LogP contribution in [0.1, 0.15) is 45.6 Å². The number of carbonyl (C=O) groups is 1. The maximum absolute atomic E-state index is 11.0. The Balaban J connectivity index is 2.47. The van der Waals surface area contributed by atoms with E-state index >= 15 is 0 Å². The van der Waals surface area contributed by atoms with Gasteiger partial charge in [-0.3, -0.25) is 4.79 Å². The summed E-state index contributed by atoms with van der Waals surface area (Å²) in [5.41, 5.74) is 0.704. The lowest BCUT2D eigenvalue weighted by Gasteiger charge is -2.18. The minimum atomic E-state index is -0.724. The van der Waals surface area contributed by atoms with Crippen LogP contribution in [0.5, 0.6) is 0 Å². The molecule has 3 heteroatoms. The largest absolute Gasteiger partial charge is 0.481 e. The number of hydrogen-bond acceptors (Lipinski definition) is 2. The summed E-state index contributed by atoms with van der Waals surface area (Å²) in [6.45, 7) is 7.91. The maximum atomic E-state index is 11.0. The van der Waals surface area contributed by atoms with Gasteiger partial charge in [-0.15, -0.1) is 11.8 Å². The minimum absolute atomic E-state index is 0.551. The van der Waals surface area contributed by atoms with Gasteiger partial charge in [0, 0.05) is 4.90 Å². The molecule has 0 aliphatic carbocycles. The average molecular weight is 266 g/mol. The second-order valence-corrected chi connectivity index (χ2v) is 6.68. The van der Waals surface area contributed by atoms with Crippen molar-refractivity contribution >= 4 is 17.7 Å². The second kappa shape index (κ2) is 6.28. The molecule has 0 aliphatic rings. The predicted octanol–water partition coefficient (Wildman–Crippen LogP) is 4.40. The van der Waals surface area contributed by atoms with Gasteiger partial charge in [0.2, 0.25) is 0 Å². The van der Waals surface area contributed by atoms with Crippen molar-refractivity contribution in [3.05, 3.63) is 29.8 Å². The summed E-state index contributed by atoms with van der Waals surface area (Å²) in [4.78, 5) is 12.2. The minimum Gasteiger partial charge on any atom is -0.481 e. The van der Waals surface area contributed by atoms with Gasteiger partial charge in [0.15, 0.2) is 0 Å². The molecule has 0 fully saturated rings. The molecule has 0 bridgehead atoms. The zero-order chi connectivity index (χ0) is 13.8. The zero-order valence-corrected chi connectivity index (χ0v) is 12.4. The number of hydrogen-bond donors (Lipinski definition) is 1. The molecular formula is C15H22O2S. The fourth-order valence-corrected chi connectivity index (χ4v) is 2.66. The van der Waals surface area contributed by atoms with E-state index in [1.54, 1.807) is 25.6 Å². The van der Waals surface area contributed by atoms with Crippen LogP contribution in [0, 0.1) is 5.41 Å². The molecule has 0 unspecified atom stereocenters. The summed E-state index contributed by atoms with van der Waals surface area (Å²) in [6.07, 6.45) is 0.679. The summed E-state index contributed by atoms with van der Waals surface area (Å²) in [5, 5.41) is 9.03. The van der Waals surface area contributed by atoms with Gasteiger partial charge in [-0.05, 0) is 49.6 Å². The highest BCUT2D eigenvalue weighted by Gasteiger charge is 2.26. The van der Waals surface area contributed by atoms with Gasteiger partial charge < -0.3 is 5.11 Å². The predicted molar refractivity (Wildman–Crippen MR) is 77.3 cm³/mol. The van der Waals surface area contributed by atoms with E-state index in [4.69, 9.17) is 5.11 Å². The lowest BCUT2D eigenvalue weighted by atomic mass is 9.91. The molecule has 1 rings (SSSR count). The van der Waals surface area contributed by atoms with Gasteiger partial charge in [-0.1, -0.05) is 26.0 Å². The highest BCUT2D eigenvalue weighted by molar-refractivity contribution is 7.99. The fraction of sp³-hybridized carbons (Fsp3) is 0.533. The Kier molecular flexibility index (Phi) is 5.27. The van der Waals surface area contributed by atoms with E-state index in [9.17, 15) is 4.79 Å². The first-order chi connectivity index (χ1) is 8.33. The standard InChI is InChI=1S/C15H22O2S/c1-11(2)12-5-7-13(8-6-12)18-10-9-15(3,4)14(16)17/h5-8,11H,9-10H2,1-4H3,(H,16,17). The zero-order valence-electron chi connectivity index (χ0n) is 11.6. The molecule has 0 aliphatic heterocycles. The van der Waals surface area contributed by atoms with Gasteiger partial charge in [0.05, 0.1) is 5.41 Å². The lowest BCUT2D eigenvalue weighted by Crippen LogP contribution is -2.24. The van der Waals surface area contributed by atoms with Crippen molar-refractivity contribution in [2.45, 2.75) is 44.9 Å². The van der Waals surface area contributed by atoms with Crippen LogP contribution in [-0.4, -0.2) is 16.8 Å². The van der Waals surface area contributed by atoms with Crippen LogP contribution < -0.4 is 0 Å². The Morgan fingerprint density at radius 2 is 1.83 bits per heavy atom. The number of thioether (sulfide) groups is 1. The summed E-state index contributed by atoms with van der Waals surface area (Å²) >= 11 is 1.72. The number of benzene rings is 1. The van der Waals surface area contributed by atoms with E-state index in [0.717, 1.165) is 5.75 Å². The van der Waals surface area contributed by atoms with E-state index in [2.05, 4.69) is 38.1 Å². The molecule has 0 heterocycles. The summed E-state index contributed by atoms with van der Waals surface area (Å²) < 4.78 is 0. The van der Waals surface area contributed by atoms with Gasteiger partial charge in [0.1, 0.15) is 0 Å². The van der Waals surface area contributed by atoms with Gasteiger partial charge >= 0.3 is 5.97 Å². The monoisotopic (exact) mass is 266 g/mol. The molecule has 0 saturated carbocycles. The van der Waals surface area contributed by atoms with Crippen LogP contribution in [0.3, 0.4) is 0 Å². The summed E-state index contributed by atoms with van der Waals surface area (Å²) in [7, 11) is 0. The van der Waals surface area contributed by atoms with Crippen molar-refractivity contribution in [2.24, 2.45) is 5.41 Å². The van der Waals surface area contributed by atoms with Gasteiger partial charge in [0.25, 0.3) is 0 Å². The third-order valence-electron chi connectivity index (χ3n) is 3.12. The van der Waals surface area contributed by atoms with Crippen molar-refractivity contribution in [1.29, 1.82) is 0 Å². The Morgan fingerprint density at radius 1 is 1.28 bits per heavy atom. The van der Waals surface area contributed by atoms with Crippen LogP contribution in [-0.2, 0) is 4.79 Å². The average Bonchev–Trinajstić information content (AvgIpc) is 2.29. The fourth-order valence-electron chi connectivity index (χ4n) is 1.48. The molecule has 0 atom stereocenters. The van der Waals surface area contributed by atoms with E-state index in [-0.39, 0.29) is 0 Å². The number of rotatable bonds is 6. The Bertz CT molecular complexity index is 393. The maximum Gasteiger partial charge on any atom is 0.309 e. The van der Waals surface area contributed by atoms with E-state index in [0.29, 0.717) is 12.3 Å². The molecule has 0 spiro atoms. The van der Waals surface area contributed by atoms with Crippen molar-refractivity contribution < 1.29 is 9.90 Å². The normalized spacial score (nSPS) is 11.8. The van der Waals surface area contributed by atoms with Crippen LogP contribution in [0.2, 0.25) is 0 Å². The van der Waals surface area contributed by atoms with Crippen molar-refractivity contribution in [1.82, 2.24) is 0 Å². The van der Waals surface area contributed by atoms with Crippen LogP contribution >= 0.6 is 11.8 Å². The van der Waals surface area contributed by atoms with Gasteiger partial charge in [-0.2, -0.15) is 0 Å². The third-order valence-corrected chi connectivity index (χ3v) is 4.14.